The maximum Gasteiger partial charge on any atom is 0.0809 e. The van der Waals surface area contributed by atoms with Gasteiger partial charge in [0.2, 0.25) is 0 Å². The van der Waals surface area contributed by atoms with Crippen LogP contribution >= 0.6 is 81.2 Å². The molecule has 0 radical (unpaired) electrons. The van der Waals surface area contributed by atoms with E-state index in [1.807, 2.05) is 0 Å². The first-order chi connectivity index (χ1) is 10.2. The molecule has 0 heterocycles. The van der Waals surface area contributed by atoms with Crippen LogP contribution in [-0.4, -0.2) is 5.97 Å². The summed E-state index contributed by atoms with van der Waals surface area (Å²) < 4.78 is 0. The van der Waals surface area contributed by atoms with E-state index in [1.54, 1.807) is 0 Å². The van der Waals surface area contributed by atoms with Gasteiger partial charge in [-0.05, 0) is 6.07 Å². The Morgan fingerprint density at radius 2 is 1.14 bits per heavy atom. The molecule has 0 saturated heterocycles. The van der Waals surface area contributed by atoms with Crippen molar-refractivity contribution in [3.8, 4) is 11.1 Å². The van der Waals surface area contributed by atoms with E-state index < -0.39 is 5.97 Å². The molecule has 22 heavy (non-hydrogen) atoms. The largest absolute Gasteiger partial charge is 0.545 e. The zero-order valence-electron chi connectivity index (χ0n) is 10.1. The van der Waals surface area contributed by atoms with Crippen LogP contribution < -0.4 is 5.11 Å². The highest BCUT2D eigenvalue weighted by molar-refractivity contribution is 6.57. The van der Waals surface area contributed by atoms with Crippen LogP contribution in [0.4, 0.5) is 0 Å². The lowest BCUT2D eigenvalue weighted by Crippen LogP contribution is -2.22. The van der Waals surface area contributed by atoms with Crippen molar-refractivity contribution in [3.63, 3.8) is 0 Å². The van der Waals surface area contributed by atoms with E-state index in [4.69, 9.17) is 81.2 Å². The smallest absolute Gasteiger partial charge is 0.0809 e. The topological polar surface area (TPSA) is 40.1 Å². The molecule has 2 aromatic carbocycles. The second-order valence-corrected chi connectivity index (χ2v) is 6.69. The van der Waals surface area contributed by atoms with Gasteiger partial charge in [0.1, 0.15) is 0 Å². The molecule has 2 rings (SSSR count). The van der Waals surface area contributed by atoms with Crippen LogP contribution in [0.5, 0.6) is 0 Å². The highest BCUT2D eigenvalue weighted by Gasteiger charge is 2.24. The number of carbonyl (C=O) groups is 1. The molecule has 2 aromatic rings. The fourth-order valence-corrected chi connectivity index (χ4v) is 3.73. The van der Waals surface area contributed by atoms with Gasteiger partial charge < -0.3 is 9.90 Å². The van der Waals surface area contributed by atoms with E-state index >= 15 is 0 Å². The maximum absolute atomic E-state index is 11.1. The summed E-state index contributed by atoms with van der Waals surface area (Å²) in [5.74, 6) is -1.48. The fourth-order valence-electron chi connectivity index (χ4n) is 1.76. The van der Waals surface area contributed by atoms with Crippen LogP contribution in [0.2, 0.25) is 35.2 Å². The molecule has 0 N–H and O–H groups in total. The van der Waals surface area contributed by atoms with Gasteiger partial charge in [0.15, 0.2) is 0 Å². The van der Waals surface area contributed by atoms with E-state index in [0.29, 0.717) is 0 Å². The molecule has 9 heteroatoms. The van der Waals surface area contributed by atoms with Gasteiger partial charge >= 0.3 is 0 Å². The zero-order chi connectivity index (χ0) is 16.8. The average molecular weight is 438 g/mol. The predicted molar refractivity (Wildman–Crippen MR) is 91.3 cm³/mol. The van der Waals surface area contributed by atoms with Crippen LogP contribution in [-0.2, 0) is 0 Å². The summed E-state index contributed by atoms with van der Waals surface area (Å²) in [6.07, 6.45) is 0. The third-order valence-corrected chi connectivity index (χ3v) is 5.76. The number of carboxylic acid groups (broad SMARTS) is 1. The van der Waals surface area contributed by atoms with Crippen molar-refractivity contribution < 1.29 is 9.90 Å². The van der Waals surface area contributed by atoms with Crippen LogP contribution in [0.15, 0.2) is 12.1 Å². The van der Waals surface area contributed by atoms with Gasteiger partial charge in [0.25, 0.3) is 0 Å². The van der Waals surface area contributed by atoms with Crippen molar-refractivity contribution in [2.45, 2.75) is 0 Å². The van der Waals surface area contributed by atoms with E-state index in [9.17, 15) is 9.90 Å². The van der Waals surface area contributed by atoms with Crippen molar-refractivity contribution in [2.24, 2.45) is 0 Å². The van der Waals surface area contributed by atoms with Crippen molar-refractivity contribution in [1.82, 2.24) is 0 Å². The van der Waals surface area contributed by atoms with Gasteiger partial charge in [-0.3, -0.25) is 0 Å². The predicted octanol–water partition coefficient (Wildman–Crippen LogP) is 6.29. The molecule has 0 aliphatic heterocycles. The van der Waals surface area contributed by atoms with Crippen molar-refractivity contribution in [1.29, 1.82) is 0 Å². The van der Waals surface area contributed by atoms with E-state index in [-0.39, 0.29) is 51.8 Å². The van der Waals surface area contributed by atoms with Gasteiger partial charge in [-0.25, -0.2) is 0 Å². The number of rotatable bonds is 2. The number of benzene rings is 2. The molecular formula is C13H2Cl7O2-. The number of aromatic carboxylic acids is 1. The summed E-state index contributed by atoms with van der Waals surface area (Å²) in [7, 11) is 0. The summed E-state index contributed by atoms with van der Waals surface area (Å²) in [6.45, 7) is 0. The van der Waals surface area contributed by atoms with E-state index in [0.717, 1.165) is 0 Å². The molecule has 0 amide bonds. The highest BCUT2D eigenvalue weighted by atomic mass is 35.5. The molecule has 0 spiro atoms. The van der Waals surface area contributed by atoms with Gasteiger partial charge in [-0.15, -0.1) is 0 Å². The monoisotopic (exact) mass is 435 g/mol. The van der Waals surface area contributed by atoms with Crippen molar-refractivity contribution in [3.05, 3.63) is 52.9 Å². The second kappa shape index (κ2) is 6.82. The lowest BCUT2D eigenvalue weighted by molar-refractivity contribution is -0.255. The Bertz CT molecular complexity index is 773. The number of hydrogen-bond acceptors (Lipinski definition) is 2. The molecule has 0 fully saturated rings. The van der Waals surface area contributed by atoms with Crippen LogP contribution in [0, 0.1) is 0 Å². The molecule has 0 aliphatic rings. The molecule has 0 aromatic heterocycles. The lowest BCUT2D eigenvalue weighted by atomic mass is 10.0. The third kappa shape index (κ3) is 2.99. The standard InChI is InChI=1S/C13H3Cl7O2/c14-4-2-1-3(13(21)22)7(15)5(4)6-8(16)10(18)12(20)11(19)9(6)17/h1-2H,(H,21,22)/p-1. The summed E-state index contributed by atoms with van der Waals surface area (Å²) >= 11 is 42.4. The number of carbonyl (C=O) groups excluding carboxylic acids is 1. The number of halogens is 7. The normalized spacial score (nSPS) is 10.9. The zero-order valence-corrected chi connectivity index (χ0v) is 15.4. The second-order valence-electron chi connectivity index (χ2n) is 4.02. The van der Waals surface area contributed by atoms with E-state index in [1.165, 1.54) is 12.1 Å². The van der Waals surface area contributed by atoms with Crippen molar-refractivity contribution >= 4 is 87.2 Å². The van der Waals surface area contributed by atoms with Crippen LogP contribution in [0.3, 0.4) is 0 Å². The Kier molecular flexibility index (Phi) is 5.67. The molecule has 0 saturated carbocycles. The van der Waals surface area contributed by atoms with Gasteiger partial charge in [0, 0.05) is 16.7 Å². The Hall–Kier alpha value is -0.0600. The molecule has 0 aliphatic carbocycles. The lowest BCUT2D eigenvalue weighted by Gasteiger charge is -2.17. The van der Waals surface area contributed by atoms with Crippen molar-refractivity contribution in [2.75, 3.05) is 0 Å². The molecule has 0 unspecified atom stereocenters. The molecule has 0 bridgehead atoms. The van der Waals surface area contributed by atoms with Crippen LogP contribution in [0.1, 0.15) is 10.4 Å². The highest BCUT2D eigenvalue weighted by Crippen LogP contribution is 2.51. The first-order valence-corrected chi connectivity index (χ1v) is 8.04. The first kappa shape index (κ1) is 18.3. The fraction of sp³-hybridized carbons (Fsp3) is 0. The van der Waals surface area contributed by atoms with Gasteiger partial charge in [0.05, 0.1) is 41.1 Å². The third-order valence-electron chi connectivity index (χ3n) is 2.77. The Morgan fingerprint density at radius 3 is 1.59 bits per heavy atom. The quantitative estimate of drug-likeness (QED) is 0.408. The molecule has 2 nitrogen and oxygen atoms in total. The van der Waals surface area contributed by atoms with Gasteiger partial charge in [-0.2, -0.15) is 0 Å². The van der Waals surface area contributed by atoms with Crippen LogP contribution in [0.25, 0.3) is 11.1 Å². The average Bonchev–Trinajstić information content (AvgIpc) is 2.46. The SMILES string of the molecule is O=C([O-])c1ccc(Cl)c(-c2c(Cl)c(Cl)c(Cl)c(Cl)c2Cl)c1Cl. The van der Waals surface area contributed by atoms with E-state index in [2.05, 4.69) is 0 Å². The Morgan fingerprint density at radius 1 is 0.682 bits per heavy atom. The Balaban J connectivity index is 2.95. The summed E-state index contributed by atoms with van der Waals surface area (Å²) in [5.41, 5.74) is -0.128. The summed E-state index contributed by atoms with van der Waals surface area (Å²) in [5, 5.41) is 10.7. The van der Waals surface area contributed by atoms with Gasteiger partial charge in [-0.1, -0.05) is 87.3 Å². The minimum atomic E-state index is -1.48. The number of carboxylic acids is 1. The maximum atomic E-state index is 11.1. The summed E-state index contributed by atoms with van der Waals surface area (Å²) in [4.78, 5) is 11.1. The summed E-state index contributed by atoms with van der Waals surface area (Å²) in [6, 6.07) is 2.52. The number of hydrogen-bond donors (Lipinski definition) is 0. The first-order valence-electron chi connectivity index (χ1n) is 5.39. The molecule has 0 atom stereocenters. The minimum absolute atomic E-state index is 0.0367. The molecule has 116 valence electrons. The minimum Gasteiger partial charge on any atom is -0.545 e. The molecular weight excluding hydrogens is 436 g/mol. The Labute approximate surface area is 160 Å².